The van der Waals surface area contributed by atoms with Crippen LogP contribution in [0.4, 0.5) is 5.69 Å². The van der Waals surface area contributed by atoms with Gasteiger partial charge in [0, 0.05) is 25.6 Å². The predicted octanol–water partition coefficient (Wildman–Crippen LogP) is 4.98. The Balaban J connectivity index is 1.37. The number of hydrogen-bond donors (Lipinski definition) is 2. The third kappa shape index (κ3) is 6.95. The molecule has 188 valence electrons. The van der Waals surface area contributed by atoms with E-state index in [1.54, 1.807) is 0 Å². The monoisotopic (exact) mass is 485 g/mol. The fourth-order valence-corrected chi connectivity index (χ4v) is 4.72. The minimum atomic E-state index is -0.421. The molecular weight excluding hydrogens is 450 g/mol. The molecule has 0 bridgehead atoms. The molecule has 2 N–H and O–H groups in total. The number of para-hydroxylation sites is 2. The molecular formula is C30H35N3O3. The number of anilines is 1. The second-order valence-electron chi connectivity index (χ2n) is 9.09. The van der Waals surface area contributed by atoms with Gasteiger partial charge in [-0.25, -0.2) is 0 Å². The van der Waals surface area contributed by atoms with Gasteiger partial charge >= 0.3 is 0 Å². The first kappa shape index (κ1) is 25.5. The molecule has 1 fully saturated rings. The van der Waals surface area contributed by atoms with Gasteiger partial charge in [0.05, 0.1) is 12.3 Å². The Bertz CT molecular complexity index is 1110. The van der Waals surface area contributed by atoms with Crippen LogP contribution in [0.3, 0.4) is 0 Å². The smallest absolute Gasteiger partial charge is 0.246 e. The highest BCUT2D eigenvalue weighted by Gasteiger charge is 2.32. The molecule has 0 radical (unpaired) electrons. The number of rotatable bonds is 10. The van der Waals surface area contributed by atoms with E-state index in [1.165, 1.54) is 5.56 Å². The number of ether oxygens (including phenoxy) is 1. The zero-order valence-electron chi connectivity index (χ0n) is 20.9. The Kier molecular flexibility index (Phi) is 9.11. The number of likely N-dealkylation sites (tertiary alicyclic amines) is 1. The summed E-state index contributed by atoms with van der Waals surface area (Å²) in [6.45, 7) is 3.91. The van der Waals surface area contributed by atoms with Crippen molar-refractivity contribution in [1.29, 1.82) is 0 Å². The second kappa shape index (κ2) is 12.9. The molecule has 1 aliphatic heterocycles. The number of nitrogens with zero attached hydrogens (tertiary/aromatic N) is 1. The normalized spacial score (nSPS) is 15.1. The molecule has 1 aliphatic rings. The Hall–Kier alpha value is -3.64. The Labute approximate surface area is 213 Å². The van der Waals surface area contributed by atoms with Gasteiger partial charge in [-0.2, -0.15) is 0 Å². The summed E-state index contributed by atoms with van der Waals surface area (Å²) in [5.41, 5.74) is 2.80. The standard InChI is InChI=1S/C30H35N3O3/c1-2-36-27-16-10-9-15-26(27)32-30(35)29(24-13-7-4-8-14-24)33-21-19-25(20-22-33)31-28(34)18-17-23-11-5-3-6-12-23/h3-16,25,29H,2,17-22H2,1H3,(H,31,34)(H,32,35). The van der Waals surface area contributed by atoms with Gasteiger partial charge < -0.3 is 15.4 Å². The van der Waals surface area contributed by atoms with Crippen molar-refractivity contribution in [3.8, 4) is 5.75 Å². The van der Waals surface area contributed by atoms with Crippen LogP contribution in [0.15, 0.2) is 84.9 Å². The summed E-state index contributed by atoms with van der Waals surface area (Å²) in [5, 5.41) is 6.29. The minimum Gasteiger partial charge on any atom is -0.492 e. The molecule has 1 unspecified atom stereocenters. The van der Waals surface area contributed by atoms with E-state index in [9.17, 15) is 9.59 Å². The van der Waals surface area contributed by atoms with Gasteiger partial charge in [0.2, 0.25) is 11.8 Å². The molecule has 0 aromatic heterocycles. The number of aryl methyl sites for hydroxylation is 1. The number of piperidine rings is 1. The van der Waals surface area contributed by atoms with Gasteiger partial charge in [-0.3, -0.25) is 14.5 Å². The van der Waals surface area contributed by atoms with Crippen molar-refractivity contribution >= 4 is 17.5 Å². The molecule has 2 amide bonds. The van der Waals surface area contributed by atoms with E-state index in [0.29, 0.717) is 24.5 Å². The molecule has 3 aromatic rings. The number of carbonyl (C=O) groups is 2. The number of nitrogens with one attached hydrogen (secondary N) is 2. The zero-order chi connectivity index (χ0) is 25.2. The van der Waals surface area contributed by atoms with Gasteiger partial charge in [-0.05, 0) is 49.4 Å². The molecule has 6 nitrogen and oxygen atoms in total. The predicted molar refractivity (Wildman–Crippen MR) is 143 cm³/mol. The maximum atomic E-state index is 13.6. The molecule has 3 aromatic carbocycles. The molecule has 6 heteroatoms. The van der Waals surface area contributed by atoms with Gasteiger partial charge in [0.25, 0.3) is 0 Å². The first-order valence-electron chi connectivity index (χ1n) is 12.8. The zero-order valence-corrected chi connectivity index (χ0v) is 20.9. The lowest BCUT2D eigenvalue weighted by molar-refractivity contribution is -0.124. The van der Waals surface area contributed by atoms with Crippen LogP contribution in [-0.2, 0) is 16.0 Å². The van der Waals surface area contributed by atoms with E-state index >= 15 is 0 Å². The van der Waals surface area contributed by atoms with Crippen LogP contribution < -0.4 is 15.4 Å². The Morgan fingerprint density at radius 1 is 0.917 bits per heavy atom. The first-order valence-corrected chi connectivity index (χ1v) is 12.8. The lowest BCUT2D eigenvalue weighted by Gasteiger charge is -2.37. The Morgan fingerprint density at radius 3 is 2.25 bits per heavy atom. The van der Waals surface area contributed by atoms with E-state index < -0.39 is 6.04 Å². The summed E-state index contributed by atoms with van der Waals surface area (Å²) in [6, 6.07) is 27.2. The van der Waals surface area contributed by atoms with E-state index in [1.807, 2.05) is 91.9 Å². The highest BCUT2D eigenvalue weighted by Crippen LogP contribution is 2.29. The lowest BCUT2D eigenvalue weighted by Crippen LogP contribution is -2.48. The van der Waals surface area contributed by atoms with E-state index in [2.05, 4.69) is 15.5 Å². The van der Waals surface area contributed by atoms with Crippen LogP contribution in [0.1, 0.15) is 43.4 Å². The molecule has 1 atom stereocenters. The van der Waals surface area contributed by atoms with Crippen molar-refractivity contribution in [3.05, 3.63) is 96.1 Å². The largest absolute Gasteiger partial charge is 0.492 e. The van der Waals surface area contributed by atoms with Crippen LogP contribution in [-0.4, -0.2) is 42.5 Å². The molecule has 0 spiro atoms. The number of carbonyl (C=O) groups excluding carboxylic acids is 2. The summed E-state index contributed by atoms with van der Waals surface area (Å²) < 4.78 is 5.70. The number of benzene rings is 3. The van der Waals surface area contributed by atoms with E-state index in [0.717, 1.165) is 37.9 Å². The van der Waals surface area contributed by atoms with Crippen molar-refractivity contribution in [2.24, 2.45) is 0 Å². The Morgan fingerprint density at radius 2 is 1.56 bits per heavy atom. The van der Waals surface area contributed by atoms with E-state index in [-0.39, 0.29) is 17.9 Å². The molecule has 1 heterocycles. The molecule has 0 saturated carbocycles. The van der Waals surface area contributed by atoms with Gasteiger partial charge in [0.1, 0.15) is 11.8 Å². The fraction of sp³-hybridized carbons (Fsp3) is 0.333. The molecule has 36 heavy (non-hydrogen) atoms. The van der Waals surface area contributed by atoms with E-state index in [4.69, 9.17) is 4.74 Å². The first-order chi connectivity index (χ1) is 17.6. The van der Waals surface area contributed by atoms with Crippen LogP contribution in [0, 0.1) is 0 Å². The van der Waals surface area contributed by atoms with Gasteiger partial charge in [0.15, 0.2) is 0 Å². The van der Waals surface area contributed by atoms with Crippen LogP contribution >= 0.6 is 0 Å². The SMILES string of the molecule is CCOc1ccccc1NC(=O)C(c1ccccc1)N1CCC(NC(=O)CCc2ccccc2)CC1. The quantitative estimate of drug-likeness (QED) is 0.425. The average Bonchev–Trinajstić information content (AvgIpc) is 2.91. The molecule has 0 aliphatic carbocycles. The maximum Gasteiger partial charge on any atom is 0.246 e. The van der Waals surface area contributed by atoms with Crippen LogP contribution in [0.2, 0.25) is 0 Å². The van der Waals surface area contributed by atoms with Gasteiger partial charge in [-0.15, -0.1) is 0 Å². The highest BCUT2D eigenvalue weighted by molar-refractivity contribution is 5.96. The van der Waals surface area contributed by atoms with Crippen LogP contribution in [0.25, 0.3) is 0 Å². The molecule has 1 saturated heterocycles. The lowest BCUT2D eigenvalue weighted by atomic mass is 9.98. The average molecular weight is 486 g/mol. The van der Waals surface area contributed by atoms with Crippen molar-refractivity contribution in [3.63, 3.8) is 0 Å². The van der Waals surface area contributed by atoms with Crippen molar-refractivity contribution in [2.45, 2.75) is 44.7 Å². The van der Waals surface area contributed by atoms with Crippen molar-refractivity contribution < 1.29 is 14.3 Å². The fourth-order valence-electron chi connectivity index (χ4n) is 4.72. The summed E-state index contributed by atoms with van der Waals surface area (Å²) in [7, 11) is 0. The number of hydrogen-bond acceptors (Lipinski definition) is 4. The summed E-state index contributed by atoms with van der Waals surface area (Å²) in [5.74, 6) is 0.665. The second-order valence-corrected chi connectivity index (χ2v) is 9.09. The van der Waals surface area contributed by atoms with Crippen LogP contribution in [0.5, 0.6) is 5.75 Å². The van der Waals surface area contributed by atoms with Gasteiger partial charge in [-0.1, -0.05) is 72.8 Å². The topological polar surface area (TPSA) is 70.7 Å². The van der Waals surface area contributed by atoms with Crippen molar-refractivity contribution in [1.82, 2.24) is 10.2 Å². The third-order valence-electron chi connectivity index (χ3n) is 6.55. The number of amides is 2. The minimum absolute atomic E-state index is 0.0845. The summed E-state index contributed by atoms with van der Waals surface area (Å²) in [4.78, 5) is 28.3. The summed E-state index contributed by atoms with van der Waals surface area (Å²) in [6.07, 6.45) is 2.84. The third-order valence-corrected chi connectivity index (χ3v) is 6.55. The maximum absolute atomic E-state index is 13.6. The van der Waals surface area contributed by atoms with Crippen molar-refractivity contribution in [2.75, 3.05) is 25.0 Å². The summed E-state index contributed by atoms with van der Waals surface area (Å²) >= 11 is 0. The molecule has 4 rings (SSSR count). The highest BCUT2D eigenvalue weighted by atomic mass is 16.5.